The predicted octanol–water partition coefficient (Wildman–Crippen LogP) is 2.98. The zero-order chi connectivity index (χ0) is 23.3. The van der Waals surface area contributed by atoms with Gasteiger partial charge in [-0.3, -0.25) is 9.36 Å². The van der Waals surface area contributed by atoms with Gasteiger partial charge < -0.3 is 15.7 Å². The van der Waals surface area contributed by atoms with Gasteiger partial charge in [-0.05, 0) is 38.3 Å². The molecule has 2 atom stereocenters. The Morgan fingerprint density at radius 2 is 2.00 bits per heavy atom. The van der Waals surface area contributed by atoms with Gasteiger partial charge in [0.2, 0.25) is 0 Å². The number of carboxylic acid groups (broad SMARTS) is 1. The van der Waals surface area contributed by atoms with E-state index in [0.29, 0.717) is 25.6 Å². The van der Waals surface area contributed by atoms with Crippen molar-refractivity contribution in [3.63, 3.8) is 0 Å². The van der Waals surface area contributed by atoms with Gasteiger partial charge in [-0.1, -0.05) is 0 Å². The average Bonchev–Trinajstić information content (AvgIpc) is 3.21. The topological polar surface area (TPSA) is 101 Å². The molecule has 32 heavy (non-hydrogen) atoms. The third-order valence-corrected chi connectivity index (χ3v) is 5.94. The van der Waals surface area contributed by atoms with Gasteiger partial charge in [0.1, 0.15) is 17.3 Å². The molecule has 0 saturated carbocycles. The molecule has 7 nitrogen and oxygen atoms in total. The molecule has 2 aromatic heterocycles. The molecule has 3 aromatic rings. The smallest absolute Gasteiger partial charge is 0.353 e. The SMILES string of the molecule is Cc1c(F)c(N2CCC([C@H](C)N)C2)nc2c1c(=O)cc(C(=O)O)n2-c1ccc(F)cc1F. The van der Waals surface area contributed by atoms with Gasteiger partial charge in [-0.2, -0.15) is 0 Å². The summed E-state index contributed by atoms with van der Waals surface area (Å²) in [6.45, 7) is 4.14. The van der Waals surface area contributed by atoms with Crippen molar-refractivity contribution in [3.8, 4) is 5.69 Å². The number of anilines is 1. The Labute approximate surface area is 180 Å². The standard InChI is InChI=1S/C22H21F3N4O3/c1-10-18-17(30)8-16(22(31)32)29(15-4-3-13(23)7-14(15)24)20(18)27-21(19(10)25)28-6-5-12(9-28)11(2)26/h3-4,7-8,11-12H,5-6,9,26H2,1-2H3,(H,31,32)/t11-,12?/m0/s1. The lowest BCUT2D eigenvalue weighted by Gasteiger charge is -2.22. The van der Waals surface area contributed by atoms with E-state index in [4.69, 9.17) is 5.73 Å². The van der Waals surface area contributed by atoms with E-state index in [9.17, 15) is 23.5 Å². The molecule has 1 unspecified atom stereocenters. The van der Waals surface area contributed by atoms with E-state index < -0.39 is 34.5 Å². The monoisotopic (exact) mass is 446 g/mol. The Bertz CT molecular complexity index is 1310. The summed E-state index contributed by atoms with van der Waals surface area (Å²) >= 11 is 0. The van der Waals surface area contributed by atoms with E-state index in [0.717, 1.165) is 22.8 Å². The average molecular weight is 446 g/mol. The largest absolute Gasteiger partial charge is 0.477 e. The van der Waals surface area contributed by atoms with Crippen LogP contribution < -0.4 is 16.1 Å². The molecule has 0 amide bonds. The maximum absolute atomic E-state index is 15.3. The Balaban J connectivity index is 2.06. The van der Waals surface area contributed by atoms with Crippen molar-refractivity contribution in [2.24, 2.45) is 11.7 Å². The Morgan fingerprint density at radius 3 is 2.59 bits per heavy atom. The van der Waals surface area contributed by atoms with Crippen LogP contribution in [0.5, 0.6) is 0 Å². The zero-order valence-electron chi connectivity index (χ0n) is 17.4. The van der Waals surface area contributed by atoms with Gasteiger partial charge >= 0.3 is 5.97 Å². The first-order chi connectivity index (χ1) is 15.1. The number of carboxylic acids is 1. The molecule has 0 aliphatic carbocycles. The van der Waals surface area contributed by atoms with Crippen molar-refractivity contribution in [1.29, 1.82) is 0 Å². The van der Waals surface area contributed by atoms with Crippen LogP contribution in [0.1, 0.15) is 29.4 Å². The molecule has 1 aromatic carbocycles. The number of rotatable bonds is 4. The Hall–Kier alpha value is -3.40. The predicted molar refractivity (Wildman–Crippen MR) is 113 cm³/mol. The van der Waals surface area contributed by atoms with E-state index in [-0.39, 0.29) is 40.1 Å². The minimum absolute atomic E-state index is 0.0348. The fourth-order valence-electron chi connectivity index (χ4n) is 4.16. The second-order valence-corrected chi connectivity index (χ2v) is 8.06. The molecule has 0 radical (unpaired) electrons. The number of halogens is 3. The number of fused-ring (bicyclic) bond motifs is 1. The van der Waals surface area contributed by atoms with Crippen molar-refractivity contribution in [1.82, 2.24) is 9.55 Å². The van der Waals surface area contributed by atoms with Crippen LogP contribution in [0.2, 0.25) is 0 Å². The highest BCUT2D eigenvalue weighted by atomic mass is 19.1. The number of aromatic nitrogens is 2. The normalized spacial score (nSPS) is 17.2. The summed E-state index contributed by atoms with van der Waals surface area (Å²) in [4.78, 5) is 30.6. The Morgan fingerprint density at radius 1 is 1.28 bits per heavy atom. The van der Waals surface area contributed by atoms with E-state index in [1.807, 2.05) is 6.92 Å². The highest BCUT2D eigenvalue weighted by Gasteiger charge is 2.30. The molecule has 1 saturated heterocycles. The van der Waals surface area contributed by atoms with Crippen molar-refractivity contribution >= 4 is 22.8 Å². The summed E-state index contributed by atoms with van der Waals surface area (Å²) in [5.41, 5.74) is 4.05. The molecule has 168 valence electrons. The quantitative estimate of drug-likeness (QED) is 0.639. The number of hydrogen-bond donors (Lipinski definition) is 2. The van der Waals surface area contributed by atoms with Gasteiger partial charge in [0.25, 0.3) is 0 Å². The number of nitrogens with two attached hydrogens (primary N) is 1. The van der Waals surface area contributed by atoms with Gasteiger partial charge in [0.15, 0.2) is 22.7 Å². The molecule has 1 fully saturated rings. The first-order valence-electron chi connectivity index (χ1n) is 10.0. The summed E-state index contributed by atoms with van der Waals surface area (Å²) in [7, 11) is 0. The molecule has 4 rings (SSSR count). The summed E-state index contributed by atoms with van der Waals surface area (Å²) in [6.07, 6.45) is 0.713. The van der Waals surface area contributed by atoms with E-state index in [2.05, 4.69) is 4.98 Å². The maximum atomic E-state index is 15.3. The highest BCUT2D eigenvalue weighted by molar-refractivity contribution is 5.92. The molecule has 3 heterocycles. The lowest BCUT2D eigenvalue weighted by atomic mass is 10.0. The van der Waals surface area contributed by atoms with Crippen molar-refractivity contribution in [2.45, 2.75) is 26.3 Å². The third kappa shape index (κ3) is 3.50. The van der Waals surface area contributed by atoms with Gasteiger partial charge in [0.05, 0.1) is 11.1 Å². The second-order valence-electron chi connectivity index (χ2n) is 8.06. The number of hydrogen-bond acceptors (Lipinski definition) is 5. The van der Waals surface area contributed by atoms with Crippen LogP contribution in [0, 0.1) is 30.3 Å². The summed E-state index contributed by atoms with van der Waals surface area (Å²) in [5.74, 6) is -4.11. The molecular formula is C22H21F3N4O3. The van der Waals surface area contributed by atoms with Gasteiger partial charge in [0, 0.05) is 36.8 Å². The molecular weight excluding hydrogens is 425 g/mol. The van der Waals surface area contributed by atoms with Crippen molar-refractivity contribution in [2.75, 3.05) is 18.0 Å². The molecule has 3 N–H and O–H groups in total. The third-order valence-electron chi connectivity index (χ3n) is 5.94. The van der Waals surface area contributed by atoms with Crippen LogP contribution in [0.15, 0.2) is 29.1 Å². The number of aromatic carboxylic acids is 1. The van der Waals surface area contributed by atoms with Gasteiger partial charge in [-0.25, -0.2) is 22.9 Å². The Kier molecular flexibility index (Phi) is 5.41. The minimum atomic E-state index is -1.52. The summed E-state index contributed by atoms with van der Waals surface area (Å²) < 4.78 is 44.4. The second kappa shape index (κ2) is 7.94. The van der Waals surface area contributed by atoms with Crippen LogP contribution in [0.25, 0.3) is 16.7 Å². The number of benzene rings is 1. The number of pyridine rings is 2. The van der Waals surface area contributed by atoms with Crippen LogP contribution in [0.4, 0.5) is 19.0 Å². The van der Waals surface area contributed by atoms with Crippen LogP contribution in [-0.2, 0) is 0 Å². The summed E-state index contributed by atoms with van der Waals surface area (Å²) in [5, 5.41) is 9.50. The van der Waals surface area contributed by atoms with Crippen molar-refractivity contribution < 1.29 is 23.1 Å². The molecule has 1 aliphatic heterocycles. The van der Waals surface area contributed by atoms with Gasteiger partial charge in [-0.15, -0.1) is 0 Å². The minimum Gasteiger partial charge on any atom is -0.477 e. The first kappa shape index (κ1) is 21.8. The molecule has 10 heteroatoms. The first-order valence-corrected chi connectivity index (χ1v) is 10.0. The summed E-state index contributed by atoms with van der Waals surface area (Å²) in [6, 6.07) is 3.26. The van der Waals surface area contributed by atoms with E-state index >= 15 is 4.39 Å². The van der Waals surface area contributed by atoms with Crippen LogP contribution in [-0.4, -0.2) is 39.8 Å². The lowest BCUT2D eigenvalue weighted by molar-refractivity contribution is 0.0687. The molecule has 0 spiro atoms. The van der Waals surface area contributed by atoms with Crippen LogP contribution in [0.3, 0.4) is 0 Å². The molecule has 0 bridgehead atoms. The number of aryl methyl sites for hydroxylation is 1. The zero-order valence-corrected chi connectivity index (χ0v) is 17.4. The lowest BCUT2D eigenvalue weighted by Crippen LogP contribution is -2.30. The molecule has 1 aliphatic rings. The number of nitrogens with zero attached hydrogens (tertiary/aromatic N) is 3. The number of carbonyl (C=O) groups is 1. The van der Waals surface area contributed by atoms with E-state index in [1.165, 1.54) is 6.92 Å². The maximum Gasteiger partial charge on any atom is 0.353 e. The van der Waals surface area contributed by atoms with Crippen molar-refractivity contribution in [3.05, 3.63) is 63.2 Å². The highest BCUT2D eigenvalue weighted by Crippen LogP contribution is 2.32. The fraction of sp³-hybridized carbons (Fsp3) is 0.318. The van der Waals surface area contributed by atoms with E-state index in [1.54, 1.807) is 4.90 Å². The van der Waals surface area contributed by atoms with Crippen LogP contribution >= 0.6 is 0 Å². The fourth-order valence-corrected chi connectivity index (χ4v) is 4.16.